The van der Waals surface area contributed by atoms with Gasteiger partial charge < -0.3 is 4.90 Å². The molecule has 7 rings (SSSR count). The van der Waals surface area contributed by atoms with Gasteiger partial charge in [0.2, 0.25) is 0 Å². The summed E-state index contributed by atoms with van der Waals surface area (Å²) in [5.74, 6) is 0. The molecule has 2 aliphatic heterocycles. The largest absolute Gasteiger partial charge is 0.308 e. The first-order valence-corrected chi connectivity index (χ1v) is 9.95. The highest BCUT2D eigenvalue weighted by molar-refractivity contribution is 5.93. The quantitative estimate of drug-likeness (QED) is 0.334. The topological polar surface area (TPSA) is 16.1 Å². The number of hydrogen-bond acceptors (Lipinski definition) is 2. The second-order valence-corrected chi connectivity index (χ2v) is 8.04. The van der Waals surface area contributed by atoms with Gasteiger partial charge in [-0.05, 0) is 69.1 Å². The van der Waals surface area contributed by atoms with Gasteiger partial charge >= 0.3 is 0 Å². The lowest BCUT2D eigenvalue weighted by Crippen LogP contribution is -2.25. The highest BCUT2D eigenvalue weighted by Crippen LogP contribution is 2.54. The van der Waals surface area contributed by atoms with Crippen LogP contribution in [0.15, 0.2) is 73.1 Å². The van der Waals surface area contributed by atoms with Crippen molar-refractivity contribution in [2.24, 2.45) is 0 Å². The van der Waals surface area contributed by atoms with Gasteiger partial charge in [0.15, 0.2) is 0 Å². The molecule has 2 heteroatoms. The van der Waals surface area contributed by atoms with E-state index in [1.165, 1.54) is 61.6 Å². The summed E-state index contributed by atoms with van der Waals surface area (Å²) in [7, 11) is 0. The van der Waals surface area contributed by atoms with Gasteiger partial charge in [-0.2, -0.15) is 0 Å². The van der Waals surface area contributed by atoms with Crippen LogP contribution in [0.2, 0.25) is 0 Å². The lowest BCUT2D eigenvalue weighted by Gasteiger charge is -2.40. The Labute approximate surface area is 164 Å². The van der Waals surface area contributed by atoms with Crippen LogP contribution in [0.4, 0.5) is 17.1 Å². The smallest absolute Gasteiger partial charge is 0.0680 e. The van der Waals surface area contributed by atoms with E-state index >= 15 is 0 Å². The maximum absolute atomic E-state index is 4.46. The normalized spacial score (nSPS) is 14.6. The minimum atomic E-state index is 0.996. The molecule has 28 heavy (non-hydrogen) atoms. The number of para-hydroxylation sites is 1. The van der Waals surface area contributed by atoms with Crippen LogP contribution in [0, 0.1) is 0 Å². The van der Waals surface area contributed by atoms with Crippen LogP contribution < -0.4 is 4.90 Å². The molecule has 0 saturated heterocycles. The monoisotopic (exact) mass is 358 g/mol. The predicted octanol–water partition coefficient (Wildman–Crippen LogP) is 5.93. The second-order valence-electron chi connectivity index (χ2n) is 8.04. The fourth-order valence-electron chi connectivity index (χ4n) is 5.41. The van der Waals surface area contributed by atoms with Crippen LogP contribution in [0.5, 0.6) is 0 Å². The van der Waals surface area contributed by atoms with E-state index in [-0.39, 0.29) is 0 Å². The first kappa shape index (κ1) is 14.6. The number of benzene rings is 3. The number of anilines is 3. The van der Waals surface area contributed by atoms with Crippen molar-refractivity contribution in [1.82, 2.24) is 4.98 Å². The number of pyridine rings is 1. The lowest BCUT2D eigenvalue weighted by atomic mass is 9.83. The van der Waals surface area contributed by atoms with Gasteiger partial charge in [-0.25, -0.2) is 0 Å². The summed E-state index contributed by atoms with van der Waals surface area (Å²) in [5, 5.41) is 0. The van der Waals surface area contributed by atoms with Crippen LogP contribution in [0.3, 0.4) is 0 Å². The van der Waals surface area contributed by atoms with E-state index in [1.807, 2.05) is 12.4 Å². The molecule has 3 aromatic carbocycles. The third kappa shape index (κ3) is 1.75. The lowest BCUT2D eigenvalue weighted by molar-refractivity contribution is 0.985. The highest BCUT2D eigenvalue weighted by Gasteiger charge is 2.35. The highest BCUT2D eigenvalue weighted by atomic mass is 15.2. The van der Waals surface area contributed by atoms with E-state index in [1.54, 1.807) is 0 Å². The van der Waals surface area contributed by atoms with E-state index < -0.39 is 0 Å². The third-order valence-corrected chi connectivity index (χ3v) is 6.61. The van der Waals surface area contributed by atoms with E-state index in [2.05, 4.69) is 70.5 Å². The number of nitrogens with zero attached hydrogens (tertiary/aromatic N) is 2. The van der Waals surface area contributed by atoms with Crippen molar-refractivity contribution in [3.8, 4) is 11.1 Å². The number of rotatable bonds is 0. The summed E-state index contributed by atoms with van der Waals surface area (Å²) in [6.07, 6.45) is 7.00. The van der Waals surface area contributed by atoms with Crippen LogP contribution in [-0.4, -0.2) is 4.98 Å². The number of hydrogen-bond donors (Lipinski definition) is 0. The molecule has 0 fully saturated rings. The summed E-state index contributed by atoms with van der Waals surface area (Å²) in [4.78, 5) is 6.93. The van der Waals surface area contributed by atoms with Gasteiger partial charge in [-0.3, -0.25) is 4.98 Å². The van der Waals surface area contributed by atoms with E-state index in [0.717, 1.165) is 19.3 Å². The Hall–Kier alpha value is -3.39. The standard InChI is InChI=1S/C26H18N2/c1-3-7-20-16(5-1)12-22-21(20)14-19-11-17-6-2-4-8-24(17)28-25-15-27-10-9-18(25)13-23(22)26(19)28/h1-10,14-15H,11-13H2. The van der Waals surface area contributed by atoms with Gasteiger partial charge in [0.1, 0.15) is 0 Å². The van der Waals surface area contributed by atoms with Gasteiger partial charge in [0, 0.05) is 24.7 Å². The van der Waals surface area contributed by atoms with Crippen molar-refractivity contribution in [3.63, 3.8) is 0 Å². The molecule has 132 valence electrons. The van der Waals surface area contributed by atoms with Gasteiger partial charge in [0.05, 0.1) is 17.6 Å². The average molecular weight is 358 g/mol. The van der Waals surface area contributed by atoms with Crippen molar-refractivity contribution >= 4 is 17.1 Å². The minimum absolute atomic E-state index is 0.996. The molecular weight excluding hydrogens is 340 g/mol. The maximum atomic E-state index is 4.46. The fraction of sp³-hybridized carbons (Fsp3) is 0.115. The SMILES string of the molecule is c1ccc2c(c1)Cc1c-2cc2c3c1Cc1ccncc1N3c1ccccc1C2. The molecule has 2 nitrogen and oxygen atoms in total. The third-order valence-electron chi connectivity index (χ3n) is 6.61. The van der Waals surface area contributed by atoms with E-state index in [0.29, 0.717) is 0 Å². The first-order valence-electron chi connectivity index (χ1n) is 9.95. The Bertz CT molecular complexity index is 1290. The van der Waals surface area contributed by atoms with Crippen LogP contribution in [0.25, 0.3) is 11.1 Å². The predicted molar refractivity (Wildman–Crippen MR) is 113 cm³/mol. The molecule has 1 aromatic heterocycles. The molecule has 1 aliphatic carbocycles. The molecule has 0 saturated carbocycles. The molecule has 0 spiro atoms. The van der Waals surface area contributed by atoms with Crippen LogP contribution >= 0.6 is 0 Å². The van der Waals surface area contributed by atoms with E-state index in [4.69, 9.17) is 0 Å². The average Bonchev–Trinajstić information content (AvgIpc) is 3.12. The zero-order chi connectivity index (χ0) is 18.2. The van der Waals surface area contributed by atoms with Gasteiger partial charge in [-0.1, -0.05) is 42.5 Å². The zero-order valence-corrected chi connectivity index (χ0v) is 15.4. The fourth-order valence-corrected chi connectivity index (χ4v) is 5.41. The molecule has 3 aliphatic rings. The summed E-state index contributed by atoms with van der Waals surface area (Å²) in [6.45, 7) is 0. The molecule has 4 aromatic rings. The molecular formula is C26H18N2. The maximum Gasteiger partial charge on any atom is 0.0680 e. The Morgan fingerprint density at radius 2 is 1.43 bits per heavy atom. The summed E-state index contributed by atoms with van der Waals surface area (Å²) in [6, 6.07) is 22.4. The summed E-state index contributed by atoms with van der Waals surface area (Å²) in [5.41, 5.74) is 15.5. The van der Waals surface area contributed by atoms with Crippen molar-refractivity contribution in [1.29, 1.82) is 0 Å². The molecule has 0 N–H and O–H groups in total. The Morgan fingerprint density at radius 1 is 0.643 bits per heavy atom. The Kier molecular flexibility index (Phi) is 2.67. The van der Waals surface area contributed by atoms with Crippen molar-refractivity contribution in [2.45, 2.75) is 19.3 Å². The van der Waals surface area contributed by atoms with Gasteiger partial charge in [0.25, 0.3) is 0 Å². The Morgan fingerprint density at radius 3 is 2.39 bits per heavy atom. The van der Waals surface area contributed by atoms with Crippen LogP contribution in [-0.2, 0) is 19.3 Å². The second kappa shape index (κ2) is 5.11. The molecule has 0 radical (unpaired) electrons. The zero-order valence-electron chi connectivity index (χ0n) is 15.4. The Balaban J connectivity index is 1.58. The van der Waals surface area contributed by atoms with Crippen molar-refractivity contribution in [3.05, 3.63) is 106 Å². The van der Waals surface area contributed by atoms with Crippen molar-refractivity contribution < 1.29 is 0 Å². The van der Waals surface area contributed by atoms with Crippen molar-refractivity contribution in [2.75, 3.05) is 4.90 Å². The molecule has 3 heterocycles. The number of fused-ring (bicyclic) bond motifs is 8. The number of aromatic nitrogens is 1. The minimum Gasteiger partial charge on any atom is -0.308 e. The van der Waals surface area contributed by atoms with E-state index in [9.17, 15) is 0 Å². The molecule has 0 atom stereocenters. The first-order chi connectivity index (χ1) is 13.9. The summed E-state index contributed by atoms with van der Waals surface area (Å²) < 4.78 is 0. The molecule has 0 unspecified atom stereocenters. The summed E-state index contributed by atoms with van der Waals surface area (Å²) >= 11 is 0. The molecule has 0 amide bonds. The van der Waals surface area contributed by atoms with Gasteiger partial charge in [-0.15, -0.1) is 0 Å². The van der Waals surface area contributed by atoms with Crippen LogP contribution in [0.1, 0.15) is 33.4 Å². The molecule has 0 bridgehead atoms.